The smallest absolute Gasteiger partial charge is 0.340 e. The summed E-state index contributed by atoms with van der Waals surface area (Å²) in [5, 5.41) is 6.05. The highest BCUT2D eigenvalue weighted by atomic mass is 35.5. The third kappa shape index (κ3) is 4.73. The van der Waals surface area contributed by atoms with Gasteiger partial charge in [-0.2, -0.15) is 0 Å². The summed E-state index contributed by atoms with van der Waals surface area (Å²) in [6.45, 7) is 4.24. The molecule has 0 aromatic heterocycles. The number of anilines is 1. The number of rotatable bonds is 5. The minimum absolute atomic E-state index is 0.271. The second-order valence-corrected chi connectivity index (χ2v) is 5.56. The van der Waals surface area contributed by atoms with Crippen LogP contribution in [0.2, 0.25) is 5.02 Å². The van der Waals surface area contributed by atoms with Crippen LogP contribution in [-0.2, 0) is 11.3 Å². The minimum Gasteiger partial charge on any atom is -0.462 e. The number of nitrogens with one attached hydrogen (secondary N) is 2. The van der Waals surface area contributed by atoms with E-state index >= 15 is 0 Å². The molecular formula is C18H19ClN2O3. The van der Waals surface area contributed by atoms with Crippen molar-refractivity contribution in [3.63, 3.8) is 0 Å². The van der Waals surface area contributed by atoms with Gasteiger partial charge in [0.15, 0.2) is 0 Å². The maximum atomic E-state index is 12.1. The van der Waals surface area contributed by atoms with Gasteiger partial charge in [0, 0.05) is 11.6 Å². The van der Waals surface area contributed by atoms with Gasteiger partial charge >= 0.3 is 12.0 Å². The summed E-state index contributed by atoms with van der Waals surface area (Å²) in [5.41, 5.74) is 2.58. The van der Waals surface area contributed by atoms with Crippen molar-refractivity contribution < 1.29 is 14.3 Å². The zero-order valence-corrected chi connectivity index (χ0v) is 14.3. The SMILES string of the molecule is CCOC(=O)c1ccccc1NC(=O)NCc1ccc(C)c(Cl)c1. The van der Waals surface area contributed by atoms with Crippen molar-refractivity contribution in [3.05, 3.63) is 64.2 Å². The Morgan fingerprint density at radius 2 is 1.92 bits per heavy atom. The number of urea groups is 1. The van der Waals surface area contributed by atoms with Gasteiger partial charge in [-0.15, -0.1) is 0 Å². The summed E-state index contributed by atoms with van der Waals surface area (Å²) in [7, 11) is 0. The highest BCUT2D eigenvalue weighted by Crippen LogP contribution is 2.17. The Hall–Kier alpha value is -2.53. The second-order valence-electron chi connectivity index (χ2n) is 5.16. The van der Waals surface area contributed by atoms with Crippen LogP contribution in [0.4, 0.5) is 10.5 Å². The molecule has 0 spiro atoms. The molecule has 0 saturated carbocycles. The number of aryl methyl sites for hydroxylation is 1. The van der Waals surface area contributed by atoms with Gasteiger partial charge in [0.25, 0.3) is 0 Å². The molecule has 2 amide bonds. The first-order valence-corrected chi connectivity index (χ1v) is 7.95. The number of benzene rings is 2. The fourth-order valence-corrected chi connectivity index (χ4v) is 2.28. The Balaban J connectivity index is 1.99. The van der Waals surface area contributed by atoms with Crippen LogP contribution in [-0.4, -0.2) is 18.6 Å². The molecule has 0 heterocycles. The van der Waals surface area contributed by atoms with E-state index in [9.17, 15) is 9.59 Å². The molecule has 2 aromatic rings. The summed E-state index contributed by atoms with van der Waals surface area (Å²) in [6.07, 6.45) is 0. The minimum atomic E-state index is -0.473. The summed E-state index contributed by atoms with van der Waals surface area (Å²) >= 11 is 6.06. The fraction of sp³-hybridized carbons (Fsp3) is 0.222. The summed E-state index contributed by atoms with van der Waals surface area (Å²) < 4.78 is 4.98. The van der Waals surface area contributed by atoms with E-state index in [1.165, 1.54) is 0 Å². The first-order valence-electron chi connectivity index (χ1n) is 7.57. The number of carbonyl (C=O) groups excluding carboxylic acids is 2. The number of carbonyl (C=O) groups is 2. The average Bonchev–Trinajstić information content (AvgIpc) is 2.56. The second kappa shape index (κ2) is 8.36. The van der Waals surface area contributed by atoms with Crippen LogP contribution in [0.25, 0.3) is 0 Å². The first kappa shape index (κ1) is 17.8. The van der Waals surface area contributed by atoms with Crippen molar-refractivity contribution in [1.82, 2.24) is 5.32 Å². The van der Waals surface area contributed by atoms with Crippen LogP contribution in [0.1, 0.15) is 28.4 Å². The molecule has 0 radical (unpaired) electrons. The molecule has 0 aliphatic carbocycles. The van der Waals surface area contributed by atoms with Crippen LogP contribution in [0.5, 0.6) is 0 Å². The van der Waals surface area contributed by atoms with E-state index in [4.69, 9.17) is 16.3 Å². The lowest BCUT2D eigenvalue weighted by Crippen LogP contribution is -2.29. The van der Waals surface area contributed by atoms with E-state index in [1.807, 2.05) is 25.1 Å². The number of amides is 2. The molecule has 2 aromatic carbocycles. The molecule has 2 rings (SSSR count). The van der Waals surface area contributed by atoms with E-state index in [0.717, 1.165) is 11.1 Å². The zero-order valence-electron chi connectivity index (χ0n) is 13.6. The molecule has 0 atom stereocenters. The lowest BCUT2D eigenvalue weighted by Gasteiger charge is -2.11. The van der Waals surface area contributed by atoms with Crippen molar-refractivity contribution in [2.75, 3.05) is 11.9 Å². The molecule has 0 unspecified atom stereocenters. The highest BCUT2D eigenvalue weighted by Gasteiger charge is 2.13. The summed E-state index contributed by atoms with van der Waals surface area (Å²) in [4.78, 5) is 24.0. The predicted octanol–water partition coefficient (Wildman–Crippen LogP) is 4.15. The summed E-state index contributed by atoms with van der Waals surface area (Å²) in [5.74, 6) is -0.473. The van der Waals surface area contributed by atoms with Crippen LogP contribution >= 0.6 is 11.6 Å². The van der Waals surface area contributed by atoms with Gasteiger partial charge in [-0.1, -0.05) is 35.9 Å². The van der Waals surface area contributed by atoms with Crippen LogP contribution in [0.3, 0.4) is 0 Å². The maximum Gasteiger partial charge on any atom is 0.340 e. The third-order valence-electron chi connectivity index (χ3n) is 3.36. The number of hydrogen-bond acceptors (Lipinski definition) is 3. The Labute approximate surface area is 146 Å². The number of halogens is 1. The average molecular weight is 347 g/mol. The maximum absolute atomic E-state index is 12.1. The van der Waals surface area contributed by atoms with Gasteiger partial charge in [-0.25, -0.2) is 9.59 Å². The molecule has 0 fully saturated rings. The lowest BCUT2D eigenvalue weighted by molar-refractivity contribution is 0.0527. The fourth-order valence-electron chi connectivity index (χ4n) is 2.07. The largest absolute Gasteiger partial charge is 0.462 e. The van der Waals surface area contributed by atoms with Gasteiger partial charge in [-0.05, 0) is 43.2 Å². The van der Waals surface area contributed by atoms with Gasteiger partial charge < -0.3 is 15.4 Å². The van der Waals surface area contributed by atoms with Gasteiger partial charge in [-0.3, -0.25) is 0 Å². The normalized spacial score (nSPS) is 10.1. The van der Waals surface area contributed by atoms with Crippen molar-refractivity contribution >= 4 is 29.3 Å². The van der Waals surface area contributed by atoms with E-state index in [2.05, 4.69) is 10.6 Å². The van der Waals surface area contributed by atoms with E-state index in [0.29, 0.717) is 22.8 Å². The molecule has 24 heavy (non-hydrogen) atoms. The lowest BCUT2D eigenvalue weighted by atomic mass is 10.1. The monoisotopic (exact) mass is 346 g/mol. The Morgan fingerprint density at radius 1 is 1.17 bits per heavy atom. The van der Waals surface area contributed by atoms with Crippen LogP contribution in [0, 0.1) is 6.92 Å². The number of hydrogen-bond donors (Lipinski definition) is 2. The van der Waals surface area contributed by atoms with E-state index < -0.39 is 12.0 Å². The predicted molar refractivity (Wildman–Crippen MR) is 94.4 cm³/mol. The van der Waals surface area contributed by atoms with Crippen molar-refractivity contribution in [1.29, 1.82) is 0 Å². The Morgan fingerprint density at radius 3 is 2.62 bits per heavy atom. The third-order valence-corrected chi connectivity index (χ3v) is 3.77. The molecule has 0 bridgehead atoms. The van der Waals surface area contributed by atoms with E-state index in [1.54, 1.807) is 31.2 Å². The number of esters is 1. The Bertz CT molecular complexity index is 747. The molecule has 0 aliphatic rings. The molecule has 5 nitrogen and oxygen atoms in total. The Kier molecular flexibility index (Phi) is 6.21. The standard InChI is InChI=1S/C18H19ClN2O3/c1-3-24-17(22)14-6-4-5-7-16(14)21-18(23)20-11-13-9-8-12(2)15(19)10-13/h4-10H,3,11H2,1-2H3,(H2,20,21,23). The number of para-hydroxylation sites is 1. The topological polar surface area (TPSA) is 67.4 Å². The molecule has 2 N–H and O–H groups in total. The molecular weight excluding hydrogens is 328 g/mol. The van der Waals surface area contributed by atoms with Crippen molar-refractivity contribution in [2.45, 2.75) is 20.4 Å². The number of ether oxygens (including phenoxy) is 1. The van der Waals surface area contributed by atoms with Crippen molar-refractivity contribution in [2.24, 2.45) is 0 Å². The van der Waals surface area contributed by atoms with Crippen LogP contribution in [0.15, 0.2) is 42.5 Å². The molecule has 6 heteroatoms. The van der Waals surface area contributed by atoms with Gasteiger partial charge in [0.2, 0.25) is 0 Å². The highest BCUT2D eigenvalue weighted by molar-refractivity contribution is 6.31. The summed E-state index contributed by atoms with van der Waals surface area (Å²) in [6, 6.07) is 11.9. The van der Waals surface area contributed by atoms with Gasteiger partial charge in [0.1, 0.15) is 0 Å². The quantitative estimate of drug-likeness (QED) is 0.799. The van der Waals surface area contributed by atoms with Crippen molar-refractivity contribution in [3.8, 4) is 0 Å². The molecule has 126 valence electrons. The van der Waals surface area contributed by atoms with E-state index in [-0.39, 0.29) is 6.61 Å². The van der Waals surface area contributed by atoms with Crippen LogP contribution < -0.4 is 10.6 Å². The zero-order chi connectivity index (χ0) is 17.5. The van der Waals surface area contributed by atoms with Gasteiger partial charge in [0.05, 0.1) is 17.9 Å². The first-order chi connectivity index (χ1) is 11.5. The molecule has 0 saturated heterocycles. The molecule has 0 aliphatic heterocycles.